The molecule has 2 N–H and O–H groups in total. The Kier molecular flexibility index (Phi) is 6.79. The van der Waals surface area contributed by atoms with E-state index < -0.39 is 30.4 Å². The summed E-state index contributed by atoms with van der Waals surface area (Å²) in [6.07, 6.45) is 1.36. The van der Waals surface area contributed by atoms with Crippen LogP contribution in [-0.2, 0) is 14.3 Å². The topological polar surface area (TPSA) is 124 Å². The zero-order valence-electron chi connectivity index (χ0n) is 16.4. The SMILES string of the molecule is COC(=O)c1ccc(NC(=O)COC(=O)c2ccccc2NC(=O)c2ccco2)cc1. The van der Waals surface area contributed by atoms with Crippen LogP contribution in [0.3, 0.4) is 0 Å². The number of para-hydroxylation sites is 1. The summed E-state index contributed by atoms with van der Waals surface area (Å²) >= 11 is 0. The first-order valence-electron chi connectivity index (χ1n) is 9.07. The molecular formula is C22H18N2O7. The van der Waals surface area contributed by atoms with E-state index >= 15 is 0 Å². The molecule has 0 bridgehead atoms. The zero-order chi connectivity index (χ0) is 22.2. The highest BCUT2D eigenvalue weighted by atomic mass is 16.5. The average Bonchev–Trinajstić information content (AvgIpc) is 3.33. The second-order valence-electron chi connectivity index (χ2n) is 6.17. The third-order valence-electron chi connectivity index (χ3n) is 4.06. The van der Waals surface area contributed by atoms with E-state index in [0.29, 0.717) is 11.3 Å². The molecule has 2 amide bonds. The Labute approximate surface area is 177 Å². The van der Waals surface area contributed by atoms with Gasteiger partial charge in [-0.1, -0.05) is 12.1 Å². The highest BCUT2D eigenvalue weighted by Crippen LogP contribution is 2.18. The van der Waals surface area contributed by atoms with Gasteiger partial charge in [0.2, 0.25) is 0 Å². The lowest BCUT2D eigenvalue weighted by atomic mass is 10.1. The van der Waals surface area contributed by atoms with Crippen molar-refractivity contribution in [2.75, 3.05) is 24.4 Å². The molecular weight excluding hydrogens is 404 g/mol. The van der Waals surface area contributed by atoms with Gasteiger partial charge in [-0.3, -0.25) is 9.59 Å². The highest BCUT2D eigenvalue weighted by Gasteiger charge is 2.17. The molecule has 0 saturated carbocycles. The summed E-state index contributed by atoms with van der Waals surface area (Å²) in [4.78, 5) is 48.1. The van der Waals surface area contributed by atoms with E-state index in [0.717, 1.165) is 0 Å². The minimum Gasteiger partial charge on any atom is -0.465 e. The van der Waals surface area contributed by atoms with E-state index in [1.54, 1.807) is 18.2 Å². The minimum atomic E-state index is -0.786. The number of hydrogen-bond donors (Lipinski definition) is 2. The number of amides is 2. The van der Waals surface area contributed by atoms with E-state index in [-0.39, 0.29) is 17.0 Å². The summed E-state index contributed by atoms with van der Waals surface area (Å²) < 4.78 is 14.7. The Balaban J connectivity index is 1.57. The van der Waals surface area contributed by atoms with Crippen molar-refractivity contribution in [3.8, 4) is 0 Å². The Morgan fingerprint density at radius 3 is 2.29 bits per heavy atom. The van der Waals surface area contributed by atoms with Gasteiger partial charge in [0.25, 0.3) is 11.8 Å². The summed E-state index contributed by atoms with van der Waals surface area (Å²) in [6.45, 7) is -0.544. The van der Waals surface area contributed by atoms with Gasteiger partial charge < -0.3 is 24.5 Å². The number of furan rings is 1. The van der Waals surface area contributed by atoms with E-state index in [1.807, 2.05) is 0 Å². The second kappa shape index (κ2) is 9.88. The lowest BCUT2D eigenvalue weighted by molar-refractivity contribution is -0.119. The summed E-state index contributed by atoms with van der Waals surface area (Å²) in [7, 11) is 1.27. The number of esters is 2. The van der Waals surface area contributed by atoms with Crippen molar-refractivity contribution in [1.29, 1.82) is 0 Å². The molecule has 31 heavy (non-hydrogen) atoms. The lowest BCUT2D eigenvalue weighted by Crippen LogP contribution is -2.22. The van der Waals surface area contributed by atoms with Gasteiger partial charge in [0.15, 0.2) is 12.4 Å². The quantitative estimate of drug-likeness (QED) is 0.561. The molecule has 0 aliphatic carbocycles. The molecule has 0 aliphatic rings. The number of ether oxygens (including phenoxy) is 2. The molecule has 0 radical (unpaired) electrons. The molecule has 9 heteroatoms. The number of benzene rings is 2. The monoisotopic (exact) mass is 422 g/mol. The van der Waals surface area contributed by atoms with Crippen LogP contribution in [0.2, 0.25) is 0 Å². The third-order valence-corrected chi connectivity index (χ3v) is 4.06. The molecule has 0 unspecified atom stereocenters. The van der Waals surface area contributed by atoms with Crippen LogP contribution in [0.15, 0.2) is 71.3 Å². The zero-order valence-corrected chi connectivity index (χ0v) is 16.4. The van der Waals surface area contributed by atoms with Gasteiger partial charge in [-0.25, -0.2) is 9.59 Å². The predicted octanol–water partition coefficient (Wildman–Crippen LogP) is 3.11. The van der Waals surface area contributed by atoms with Crippen LogP contribution >= 0.6 is 0 Å². The van der Waals surface area contributed by atoms with E-state index in [9.17, 15) is 19.2 Å². The molecule has 0 saturated heterocycles. The van der Waals surface area contributed by atoms with Gasteiger partial charge in [-0.2, -0.15) is 0 Å². The maximum atomic E-state index is 12.4. The number of anilines is 2. The van der Waals surface area contributed by atoms with Gasteiger partial charge in [0.05, 0.1) is 30.2 Å². The maximum Gasteiger partial charge on any atom is 0.340 e. The molecule has 9 nitrogen and oxygen atoms in total. The number of rotatable bonds is 7. The Morgan fingerprint density at radius 2 is 1.61 bits per heavy atom. The van der Waals surface area contributed by atoms with Crippen molar-refractivity contribution in [3.05, 3.63) is 83.8 Å². The number of carbonyl (C=O) groups is 4. The molecule has 3 aromatic rings. The summed E-state index contributed by atoms with van der Waals surface area (Å²) in [6, 6.07) is 15.3. The van der Waals surface area contributed by atoms with Crippen molar-refractivity contribution in [2.45, 2.75) is 0 Å². The number of nitrogens with one attached hydrogen (secondary N) is 2. The molecule has 0 spiro atoms. The van der Waals surface area contributed by atoms with Crippen LogP contribution in [0.5, 0.6) is 0 Å². The van der Waals surface area contributed by atoms with Crippen LogP contribution in [0.4, 0.5) is 11.4 Å². The van der Waals surface area contributed by atoms with E-state index in [2.05, 4.69) is 15.4 Å². The highest BCUT2D eigenvalue weighted by molar-refractivity contribution is 6.07. The molecule has 3 rings (SSSR count). The first-order valence-corrected chi connectivity index (χ1v) is 9.07. The number of hydrogen-bond acceptors (Lipinski definition) is 7. The number of methoxy groups -OCH3 is 1. The lowest BCUT2D eigenvalue weighted by Gasteiger charge is -2.10. The van der Waals surface area contributed by atoms with Crippen molar-refractivity contribution in [2.24, 2.45) is 0 Å². The van der Waals surface area contributed by atoms with E-state index in [4.69, 9.17) is 9.15 Å². The van der Waals surface area contributed by atoms with Gasteiger partial charge in [0, 0.05) is 5.69 Å². The largest absolute Gasteiger partial charge is 0.465 e. The van der Waals surface area contributed by atoms with Crippen molar-refractivity contribution >= 4 is 35.1 Å². The normalized spacial score (nSPS) is 10.1. The molecule has 1 aromatic heterocycles. The fourth-order valence-electron chi connectivity index (χ4n) is 2.58. The summed E-state index contributed by atoms with van der Waals surface area (Å²) in [5, 5.41) is 5.12. The van der Waals surface area contributed by atoms with Gasteiger partial charge in [-0.15, -0.1) is 0 Å². The summed E-state index contributed by atoms with van der Waals surface area (Å²) in [5.41, 5.74) is 1.05. The molecule has 2 aromatic carbocycles. The molecule has 0 aliphatic heterocycles. The Morgan fingerprint density at radius 1 is 0.871 bits per heavy atom. The van der Waals surface area contributed by atoms with Gasteiger partial charge >= 0.3 is 11.9 Å². The first kappa shape index (κ1) is 21.3. The fourth-order valence-corrected chi connectivity index (χ4v) is 2.58. The average molecular weight is 422 g/mol. The first-order chi connectivity index (χ1) is 15.0. The van der Waals surface area contributed by atoms with Crippen LogP contribution in [0, 0.1) is 0 Å². The summed E-state index contributed by atoms with van der Waals surface area (Å²) in [5.74, 6) is -2.30. The van der Waals surface area contributed by atoms with Gasteiger partial charge in [-0.05, 0) is 48.5 Å². The van der Waals surface area contributed by atoms with Crippen LogP contribution in [0.25, 0.3) is 0 Å². The minimum absolute atomic E-state index is 0.0811. The van der Waals surface area contributed by atoms with Crippen molar-refractivity contribution in [3.63, 3.8) is 0 Å². The van der Waals surface area contributed by atoms with E-state index in [1.165, 1.54) is 55.8 Å². The van der Waals surface area contributed by atoms with Crippen molar-refractivity contribution in [1.82, 2.24) is 0 Å². The van der Waals surface area contributed by atoms with Crippen molar-refractivity contribution < 1.29 is 33.1 Å². The van der Waals surface area contributed by atoms with Crippen LogP contribution in [0.1, 0.15) is 31.3 Å². The molecule has 0 atom stereocenters. The Bertz CT molecular complexity index is 1090. The standard InChI is InChI=1S/C22H18N2O7/c1-29-21(27)14-8-10-15(11-9-14)23-19(25)13-31-22(28)16-5-2-3-6-17(16)24-20(26)18-7-4-12-30-18/h2-12H,13H2,1H3,(H,23,25)(H,24,26). The molecule has 0 fully saturated rings. The molecule has 158 valence electrons. The smallest absolute Gasteiger partial charge is 0.340 e. The molecule has 1 heterocycles. The van der Waals surface area contributed by atoms with Gasteiger partial charge in [0.1, 0.15) is 0 Å². The number of carbonyl (C=O) groups excluding carboxylic acids is 4. The Hall–Kier alpha value is -4.40. The van der Waals surface area contributed by atoms with Crippen LogP contribution in [-0.4, -0.2) is 37.5 Å². The third kappa shape index (κ3) is 5.57. The second-order valence-corrected chi connectivity index (χ2v) is 6.17. The van der Waals surface area contributed by atoms with Crippen LogP contribution < -0.4 is 10.6 Å². The maximum absolute atomic E-state index is 12.4. The predicted molar refractivity (Wildman–Crippen MR) is 110 cm³/mol. The fraction of sp³-hybridized carbons (Fsp3) is 0.0909.